The van der Waals surface area contributed by atoms with Gasteiger partial charge in [0.2, 0.25) is 0 Å². The first-order valence-corrected chi connectivity index (χ1v) is 13.1. The summed E-state index contributed by atoms with van der Waals surface area (Å²) in [6.07, 6.45) is 10.6. The van der Waals surface area contributed by atoms with Crippen molar-refractivity contribution in [2.24, 2.45) is 5.92 Å². The summed E-state index contributed by atoms with van der Waals surface area (Å²) in [6, 6.07) is 8.07. The highest BCUT2D eigenvalue weighted by Gasteiger charge is 2.65. The van der Waals surface area contributed by atoms with E-state index in [2.05, 4.69) is 19.1 Å². The molecule has 4 unspecified atom stereocenters. The molecule has 2 spiro atoms. The van der Waals surface area contributed by atoms with Gasteiger partial charge in [-0.15, -0.1) is 0 Å². The van der Waals surface area contributed by atoms with Gasteiger partial charge in [0.05, 0.1) is 25.9 Å². The van der Waals surface area contributed by atoms with Gasteiger partial charge in [-0.1, -0.05) is 31.9 Å². The molecule has 6 rings (SSSR count). The van der Waals surface area contributed by atoms with Crippen molar-refractivity contribution in [3.63, 3.8) is 0 Å². The van der Waals surface area contributed by atoms with Crippen LogP contribution in [0.25, 0.3) is 0 Å². The molecule has 5 aliphatic rings. The molecule has 33 heavy (non-hydrogen) atoms. The Hall–Kier alpha value is -1.18. The van der Waals surface area contributed by atoms with Crippen LogP contribution in [-0.2, 0) is 30.3 Å². The van der Waals surface area contributed by atoms with Crippen LogP contribution in [0, 0.1) is 5.92 Å². The second-order valence-electron chi connectivity index (χ2n) is 10.8. The minimum absolute atomic E-state index is 0.0208. The van der Waals surface area contributed by atoms with Gasteiger partial charge in [-0.05, 0) is 43.4 Å². The molecule has 6 heteroatoms. The molecule has 0 aromatic heterocycles. The fraction of sp³-hybridized carbons (Fsp3) is 0.778. The summed E-state index contributed by atoms with van der Waals surface area (Å²) < 4.78 is 39.0. The summed E-state index contributed by atoms with van der Waals surface area (Å²) in [6.45, 7) is 2.76. The van der Waals surface area contributed by atoms with Crippen molar-refractivity contribution < 1.29 is 28.4 Å². The van der Waals surface area contributed by atoms with Crippen molar-refractivity contribution in [1.29, 1.82) is 0 Å². The molecule has 0 N–H and O–H groups in total. The number of fused-ring (bicyclic) bond motifs is 2. The molecule has 4 atom stereocenters. The first-order valence-electron chi connectivity index (χ1n) is 13.1. The highest BCUT2D eigenvalue weighted by molar-refractivity contribution is 5.26. The maximum Gasteiger partial charge on any atom is 0.169 e. The van der Waals surface area contributed by atoms with E-state index in [-0.39, 0.29) is 36.4 Å². The second kappa shape index (κ2) is 8.80. The van der Waals surface area contributed by atoms with Gasteiger partial charge >= 0.3 is 0 Å². The summed E-state index contributed by atoms with van der Waals surface area (Å²) in [5, 5.41) is 0. The first-order chi connectivity index (χ1) is 16.1. The van der Waals surface area contributed by atoms with Crippen molar-refractivity contribution in [2.75, 3.05) is 7.11 Å². The van der Waals surface area contributed by atoms with E-state index in [1.54, 1.807) is 7.11 Å². The molecule has 0 bridgehead atoms. The van der Waals surface area contributed by atoms with E-state index < -0.39 is 11.6 Å². The molecule has 2 aliphatic heterocycles. The van der Waals surface area contributed by atoms with Crippen LogP contribution in [0.1, 0.15) is 76.7 Å². The van der Waals surface area contributed by atoms with E-state index >= 15 is 0 Å². The lowest BCUT2D eigenvalue weighted by Crippen LogP contribution is -2.58. The Morgan fingerprint density at radius 3 is 1.70 bits per heavy atom. The van der Waals surface area contributed by atoms with Crippen LogP contribution < -0.4 is 4.74 Å². The van der Waals surface area contributed by atoms with Gasteiger partial charge < -0.3 is 28.4 Å². The van der Waals surface area contributed by atoms with Crippen LogP contribution in [0.5, 0.6) is 5.75 Å². The van der Waals surface area contributed by atoms with Gasteiger partial charge in [0.25, 0.3) is 0 Å². The van der Waals surface area contributed by atoms with E-state index in [0.29, 0.717) is 6.61 Å². The van der Waals surface area contributed by atoms with Gasteiger partial charge in [-0.3, -0.25) is 0 Å². The van der Waals surface area contributed by atoms with E-state index in [1.807, 2.05) is 12.1 Å². The maximum atomic E-state index is 6.78. The van der Waals surface area contributed by atoms with E-state index in [0.717, 1.165) is 62.7 Å². The van der Waals surface area contributed by atoms with Crippen molar-refractivity contribution in [2.45, 2.75) is 120 Å². The number of methoxy groups -OCH3 is 1. The SMILES string of the molecule is COc1ccc(COC2C3OC4(CCCCC4)OC3C(C)C3OC4(CCCCC4)OC32)cc1. The number of rotatable bonds is 4. The molecule has 2 heterocycles. The van der Waals surface area contributed by atoms with Crippen LogP contribution in [-0.4, -0.2) is 49.2 Å². The molecule has 3 aliphatic carbocycles. The Bertz CT molecular complexity index is 770. The average molecular weight is 459 g/mol. The minimum Gasteiger partial charge on any atom is -0.497 e. The summed E-state index contributed by atoms with van der Waals surface area (Å²) >= 11 is 0. The monoisotopic (exact) mass is 458 g/mol. The quantitative estimate of drug-likeness (QED) is 0.624. The Morgan fingerprint density at radius 1 is 0.727 bits per heavy atom. The topological polar surface area (TPSA) is 55.4 Å². The molecular weight excluding hydrogens is 420 g/mol. The van der Waals surface area contributed by atoms with Gasteiger partial charge in [-0.2, -0.15) is 0 Å². The minimum atomic E-state index is -0.454. The highest BCUT2D eigenvalue weighted by atomic mass is 16.8. The first kappa shape index (κ1) is 22.3. The van der Waals surface area contributed by atoms with Crippen LogP contribution in [0.4, 0.5) is 0 Å². The molecule has 6 nitrogen and oxygen atoms in total. The van der Waals surface area contributed by atoms with E-state index in [4.69, 9.17) is 28.4 Å². The smallest absolute Gasteiger partial charge is 0.169 e. The molecule has 5 fully saturated rings. The molecule has 1 aromatic rings. The van der Waals surface area contributed by atoms with Crippen LogP contribution in [0.3, 0.4) is 0 Å². The van der Waals surface area contributed by atoms with Crippen molar-refractivity contribution in [1.82, 2.24) is 0 Å². The molecule has 3 saturated carbocycles. The molecule has 182 valence electrons. The van der Waals surface area contributed by atoms with E-state index in [9.17, 15) is 0 Å². The average Bonchev–Trinajstić information content (AvgIpc) is 3.39. The predicted octanol–water partition coefficient (Wildman–Crippen LogP) is 5.12. The molecular formula is C27H38O6. The Balaban J connectivity index is 1.26. The Labute approximate surface area is 197 Å². The number of hydrogen-bond acceptors (Lipinski definition) is 6. The maximum absolute atomic E-state index is 6.78. The zero-order valence-electron chi connectivity index (χ0n) is 20.0. The third kappa shape index (κ3) is 4.02. The van der Waals surface area contributed by atoms with Gasteiger partial charge in [0, 0.05) is 31.6 Å². The zero-order chi connectivity index (χ0) is 22.5. The third-order valence-electron chi connectivity index (χ3n) is 8.57. The summed E-state index contributed by atoms with van der Waals surface area (Å²) in [5.41, 5.74) is 1.11. The largest absolute Gasteiger partial charge is 0.497 e. The Kier molecular flexibility index (Phi) is 5.94. The fourth-order valence-corrected chi connectivity index (χ4v) is 6.77. The standard InChI is InChI=1S/C27H38O6/c1-18-21-24(32-26(30-21)13-5-3-6-14-26)23(29-17-19-9-11-20(28-2)12-10-19)25-22(18)31-27(33-25)15-7-4-8-16-27/h9-12,18,21-25H,3-8,13-17H2,1-2H3. The lowest BCUT2D eigenvalue weighted by atomic mass is 9.79. The second-order valence-corrected chi connectivity index (χ2v) is 10.8. The van der Waals surface area contributed by atoms with E-state index in [1.165, 1.54) is 12.8 Å². The lowest BCUT2D eigenvalue weighted by Gasteiger charge is -2.41. The number of ether oxygens (including phenoxy) is 6. The summed E-state index contributed by atoms with van der Waals surface area (Å²) in [5.74, 6) is 0.155. The predicted molar refractivity (Wildman–Crippen MR) is 122 cm³/mol. The van der Waals surface area contributed by atoms with Crippen molar-refractivity contribution >= 4 is 0 Å². The number of benzene rings is 1. The molecule has 0 radical (unpaired) electrons. The van der Waals surface area contributed by atoms with Gasteiger partial charge in [0.1, 0.15) is 24.1 Å². The normalized spacial score (nSPS) is 38.8. The molecule has 0 amide bonds. The van der Waals surface area contributed by atoms with Gasteiger partial charge in [0.15, 0.2) is 11.6 Å². The van der Waals surface area contributed by atoms with Crippen molar-refractivity contribution in [3.05, 3.63) is 29.8 Å². The van der Waals surface area contributed by atoms with Crippen LogP contribution >= 0.6 is 0 Å². The zero-order valence-corrected chi connectivity index (χ0v) is 20.0. The van der Waals surface area contributed by atoms with Crippen LogP contribution in [0.2, 0.25) is 0 Å². The van der Waals surface area contributed by atoms with Gasteiger partial charge in [-0.25, -0.2) is 0 Å². The highest BCUT2D eigenvalue weighted by Crippen LogP contribution is 2.53. The third-order valence-corrected chi connectivity index (χ3v) is 8.57. The summed E-state index contributed by atoms with van der Waals surface area (Å²) in [4.78, 5) is 0. The summed E-state index contributed by atoms with van der Waals surface area (Å²) in [7, 11) is 1.69. The number of hydrogen-bond donors (Lipinski definition) is 0. The molecule has 1 aromatic carbocycles. The van der Waals surface area contributed by atoms with Crippen LogP contribution in [0.15, 0.2) is 24.3 Å². The molecule has 2 saturated heterocycles. The van der Waals surface area contributed by atoms with Crippen molar-refractivity contribution in [3.8, 4) is 5.75 Å². The lowest BCUT2D eigenvalue weighted by molar-refractivity contribution is -0.225. The Morgan fingerprint density at radius 2 is 1.21 bits per heavy atom. The fourth-order valence-electron chi connectivity index (χ4n) is 6.77.